The predicted molar refractivity (Wildman–Crippen MR) is 55.7 cm³/mol. The Balaban J connectivity index is 1.94. The minimum Gasteiger partial charge on any atom is -0.394 e. The Bertz CT molecular complexity index is 273. The van der Waals surface area contributed by atoms with Crippen molar-refractivity contribution in [2.45, 2.75) is 0 Å². The van der Waals surface area contributed by atoms with Gasteiger partial charge in [0, 0.05) is 12.2 Å². The van der Waals surface area contributed by atoms with Crippen LogP contribution in [-0.4, -0.2) is 61.6 Å². The molecule has 0 fully saturated rings. The van der Waals surface area contributed by atoms with Crippen molar-refractivity contribution in [2.75, 3.05) is 39.6 Å². The van der Waals surface area contributed by atoms with Gasteiger partial charge in [0.15, 0.2) is 0 Å². The first-order chi connectivity index (χ1) is 8.25. The van der Waals surface area contributed by atoms with Gasteiger partial charge in [-0.2, -0.15) is 0 Å². The maximum Gasteiger partial charge on any atom is 0.277 e. The van der Waals surface area contributed by atoms with E-state index in [1.165, 1.54) is 0 Å². The Morgan fingerprint density at radius 2 is 1.47 bits per heavy atom. The number of rotatable bonds is 9. The normalized spacial score (nSPS) is 15.0. The summed E-state index contributed by atoms with van der Waals surface area (Å²) >= 11 is 0. The van der Waals surface area contributed by atoms with Crippen molar-refractivity contribution in [3.8, 4) is 0 Å². The number of ether oxygens (including phenoxy) is 2. The predicted octanol–water partition coefficient (Wildman–Crippen LogP) is -1.13. The summed E-state index contributed by atoms with van der Waals surface area (Å²) < 4.78 is 10.1. The Morgan fingerprint density at radius 1 is 0.941 bits per heavy atom. The number of carbonyl (C=O) groups is 2. The lowest BCUT2D eigenvalue weighted by Crippen LogP contribution is -2.31. The van der Waals surface area contributed by atoms with Crippen molar-refractivity contribution >= 4 is 11.8 Å². The molecule has 0 aromatic carbocycles. The average molecular weight is 245 g/mol. The highest BCUT2D eigenvalue weighted by molar-refractivity contribution is 6.11. The van der Waals surface area contributed by atoms with Gasteiger partial charge in [-0.1, -0.05) is 0 Å². The summed E-state index contributed by atoms with van der Waals surface area (Å²) in [6, 6.07) is 0. The van der Waals surface area contributed by atoms with E-state index in [0.29, 0.717) is 18.3 Å². The quantitative estimate of drug-likeness (QED) is 0.408. The largest absolute Gasteiger partial charge is 0.394 e. The monoisotopic (exact) mass is 245 g/mol. The van der Waals surface area contributed by atoms with Crippen LogP contribution in [0.2, 0.25) is 0 Å². The van der Waals surface area contributed by atoms with Crippen LogP contribution >= 0.6 is 0 Å². The van der Waals surface area contributed by atoms with Crippen LogP contribution in [0, 0.1) is 0 Å². The van der Waals surface area contributed by atoms with Crippen LogP contribution in [0.1, 0.15) is 0 Å². The molecule has 0 bridgehead atoms. The second-order valence-corrected chi connectivity index (χ2v) is 3.09. The first kappa shape index (κ1) is 13.8. The Hall–Kier alpha value is -1.28. The van der Waals surface area contributed by atoms with E-state index in [1.807, 2.05) is 0 Å². The minimum absolute atomic E-state index is 0.0186. The molecule has 1 aliphatic heterocycles. The summed E-state index contributed by atoms with van der Waals surface area (Å²) in [4.78, 5) is 27.0. The van der Waals surface area contributed by atoms with E-state index >= 15 is 0 Å². The third-order valence-corrected chi connectivity index (χ3v) is 1.82. The lowest BCUT2D eigenvalue weighted by molar-refractivity contribution is -0.189. The summed E-state index contributed by atoms with van der Waals surface area (Å²) in [5.74, 6) is -0.970. The van der Waals surface area contributed by atoms with E-state index in [1.54, 1.807) is 0 Å². The molecule has 96 valence electrons. The van der Waals surface area contributed by atoms with Crippen molar-refractivity contribution in [2.24, 2.45) is 0 Å². The average Bonchev–Trinajstić information content (AvgIpc) is 2.63. The first-order valence-electron chi connectivity index (χ1n) is 5.21. The van der Waals surface area contributed by atoms with E-state index in [0.717, 1.165) is 12.2 Å². The zero-order chi connectivity index (χ0) is 12.5. The molecule has 0 radical (unpaired) electrons. The van der Waals surface area contributed by atoms with Crippen LogP contribution in [0.25, 0.3) is 0 Å². The second-order valence-electron chi connectivity index (χ2n) is 3.09. The second kappa shape index (κ2) is 7.91. The molecule has 1 aliphatic rings. The number of aliphatic hydroxyl groups is 1. The molecule has 0 spiro atoms. The fourth-order valence-corrected chi connectivity index (χ4v) is 1.09. The minimum atomic E-state index is -0.485. The van der Waals surface area contributed by atoms with Gasteiger partial charge in [0.25, 0.3) is 11.8 Å². The molecule has 0 aliphatic carbocycles. The van der Waals surface area contributed by atoms with Crippen molar-refractivity contribution in [3.05, 3.63) is 12.2 Å². The van der Waals surface area contributed by atoms with Gasteiger partial charge in [-0.3, -0.25) is 14.4 Å². The Morgan fingerprint density at radius 3 is 2.06 bits per heavy atom. The number of hydrogen-bond donors (Lipinski definition) is 1. The fourth-order valence-electron chi connectivity index (χ4n) is 1.09. The van der Waals surface area contributed by atoms with Crippen molar-refractivity contribution in [1.29, 1.82) is 0 Å². The SMILES string of the molecule is O=C1C=CC(=O)N1OCCOCCOCCO. The van der Waals surface area contributed by atoms with Gasteiger partial charge in [-0.25, -0.2) is 0 Å². The van der Waals surface area contributed by atoms with Gasteiger partial charge in [0.1, 0.15) is 0 Å². The number of nitrogens with zero attached hydrogens (tertiary/aromatic N) is 1. The highest BCUT2D eigenvalue weighted by atomic mass is 16.7. The zero-order valence-electron chi connectivity index (χ0n) is 9.33. The smallest absolute Gasteiger partial charge is 0.277 e. The number of aliphatic hydroxyl groups excluding tert-OH is 1. The number of hydroxylamine groups is 2. The number of carbonyl (C=O) groups excluding carboxylic acids is 2. The summed E-state index contributed by atoms with van der Waals surface area (Å²) in [7, 11) is 0. The van der Waals surface area contributed by atoms with E-state index < -0.39 is 11.8 Å². The standard InChI is InChI=1S/C10H15NO6/c12-3-4-15-5-6-16-7-8-17-11-9(13)1-2-10(11)14/h1-2,12H,3-8H2. The van der Waals surface area contributed by atoms with Crippen molar-refractivity contribution in [3.63, 3.8) is 0 Å². The highest BCUT2D eigenvalue weighted by Gasteiger charge is 2.24. The maximum atomic E-state index is 11.0. The van der Waals surface area contributed by atoms with Crippen LogP contribution in [0.3, 0.4) is 0 Å². The molecule has 0 aromatic rings. The molecular formula is C10H15NO6. The van der Waals surface area contributed by atoms with Crippen LogP contribution in [-0.2, 0) is 23.9 Å². The molecule has 0 unspecified atom stereocenters. The lowest BCUT2D eigenvalue weighted by atomic mass is 10.6. The van der Waals surface area contributed by atoms with E-state index in [2.05, 4.69) is 0 Å². The first-order valence-corrected chi connectivity index (χ1v) is 5.21. The molecule has 2 amide bonds. The van der Waals surface area contributed by atoms with E-state index in [4.69, 9.17) is 19.4 Å². The van der Waals surface area contributed by atoms with Crippen molar-refractivity contribution in [1.82, 2.24) is 5.06 Å². The van der Waals surface area contributed by atoms with E-state index in [-0.39, 0.29) is 26.4 Å². The van der Waals surface area contributed by atoms with Crippen LogP contribution < -0.4 is 0 Å². The van der Waals surface area contributed by atoms with E-state index in [9.17, 15) is 9.59 Å². The molecule has 0 atom stereocenters. The van der Waals surface area contributed by atoms with Crippen LogP contribution in [0.5, 0.6) is 0 Å². The molecule has 7 nitrogen and oxygen atoms in total. The lowest BCUT2D eigenvalue weighted by Gasteiger charge is -2.13. The van der Waals surface area contributed by atoms with Gasteiger partial charge < -0.3 is 14.6 Å². The van der Waals surface area contributed by atoms with Gasteiger partial charge in [-0.15, -0.1) is 5.06 Å². The Labute approximate surface area is 98.5 Å². The van der Waals surface area contributed by atoms with Gasteiger partial charge in [-0.05, 0) is 0 Å². The summed E-state index contributed by atoms with van der Waals surface area (Å²) in [6.07, 6.45) is 2.29. The Kier molecular flexibility index (Phi) is 6.41. The summed E-state index contributed by atoms with van der Waals surface area (Å²) in [5, 5.41) is 9.10. The molecule has 0 saturated carbocycles. The molecule has 17 heavy (non-hydrogen) atoms. The molecule has 1 heterocycles. The molecule has 7 heteroatoms. The van der Waals surface area contributed by atoms with Gasteiger partial charge >= 0.3 is 0 Å². The fraction of sp³-hybridized carbons (Fsp3) is 0.600. The summed E-state index contributed by atoms with van der Waals surface area (Å²) in [6.45, 7) is 1.36. The third-order valence-electron chi connectivity index (χ3n) is 1.82. The maximum absolute atomic E-state index is 11.0. The molecule has 0 saturated heterocycles. The highest BCUT2D eigenvalue weighted by Crippen LogP contribution is 2.03. The number of amides is 2. The van der Waals surface area contributed by atoms with Crippen LogP contribution in [0.4, 0.5) is 0 Å². The van der Waals surface area contributed by atoms with Crippen LogP contribution in [0.15, 0.2) is 12.2 Å². The zero-order valence-corrected chi connectivity index (χ0v) is 9.33. The van der Waals surface area contributed by atoms with Gasteiger partial charge in [0.2, 0.25) is 0 Å². The molecular weight excluding hydrogens is 230 g/mol. The third kappa shape index (κ3) is 5.05. The topological polar surface area (TPSA) is 85.3 Å². The molecule has 0 aromatic heterocycles. The number of imide groups is 1. The number of hydrogen-bond acceptors (Lipinski definition) is 6. The van der Waals surface area contributed by atoms with Crippen molar-refractivity contribution < 1.29 is 29.0 Å². The molecule has 1 N–H and O–H groups in total. The molecule has 1 rings (SSSR count). The van der Waals surface area contributed by atoms with Gasteiger partial charge in [0.05, 0.1) is 39.6 Å². The summed E-state index contributed by atoms with van der Waals surface area (Å²) in [5.41, 5.74) is 0.